The zero-order valence-corrected chi connectivity index (χ0v) is 15.4. The summed E-state index contributed by atoms with van der Waals surface area (Å²) < 4.78 is 6.68. The molecule has 3 heteroatoms. The Morgan fingerprint density at radius 2 is 1.22 bits per heavy atom. The molecule has 2 atom stereocenters. The molecule has 2 rings (SSSR count). The third-order valence-electron chi connectivity index (χ3n) is 4.87. The molecule has 0 aliphatic carbocycles. The Balaban J connectivity index is 2.36. The predicted octanol–water partition coefficient (Wildman–Crippen LogP) is 5.48. The molecule has 0 amide bonds. The Hall–Kier alpha value is -1.42. The van der Waals surface area contributed by atoms with Crippen molar-refractivity contribution in [2.45, 2.75) is 51.1 Å². The van der Waals surface area contributed by atoms with Gasteiger partial charge in [-0.3, -0.25) is 0 Å². The lowest BCUT2D eigenvalue weighted by atomic mass is 9.98. The van der Waals surface area contributed by atoms with Crippen LogP contribution in [0.5, 0.6) is 0 Å². The normalized spacial score (nSPS) is 14.4. The van der Waals surface area contributed by atoms with Gasteiger partial charge in [0.2, 0.25) is 0 Å². The number of hydrogen-bond acceptors (Lipinski definition) is 2. The van der Waals surface area contributed by atoms with E-state index in [-0.39, 0.29) is 6.10 Å². The van der Waals surface area contributed by atoms with Crippen LogP contribution < -0.4 is 0 Å². The third-order valence-corrected chi connectivity index (χ3v) is 9.49. The number of hydrogen-bond donors (Lipinski definition) is 1. The van der Waals surface area contributed by atoms with Crippen LogP contribution in [0.25, 0.3) is 0 Å². The van der Waals surface area contributed by atoms with E-state index < -0.39 is 14.4 Å². The van der Waals surface area contributed by atoms with Gasteiger partial charge in [0, 0.05) is 0 Å². The highest BCUT2D eigenvalue weighted by Gasteiger charge is 2.35. The lowest BCUT2D eigenvalue weighted by Crippen LogP contribution is -2.38. The minimum atomic E-state index is -1.82. The molecular weight excluding hydrogens is 300 g/mol. The van der Waals surface area contributed by atoms with Crippen LogP contribution in [0.4, 0.5) is 0 Å². The highest BCUT2D eigenvalue weighted by molar-refractivity contribution is 6.73. The summed E-state index contributed by atoms with van der Waals surface area (Å²) in [4.78, 5) is 0. The first kappa shape index (κ1) is 17.9. The van der Waals surface area contributed by atoms with Crippen LogP contribution in [0.1, 0.15) is 44.1 Å². The van der Waals surface area contributed by atoms with Crippen molar-refractivity contribution in [3.8, 4) is 0 Å². The maximum Gasteiger partial charge on any atom is 0.193 e. The minimum absolute atomic E-state index is 0.301. The molecule has 0 heterocycles. The van der Waals surface area contributed by atoms with E-state index in [2.05, 4.69) is 32.9 Å². The van der Waals surface area contributed by atoms with Crippen LogP contribution in [-0.2, 0) is 4.43 Å². The lowest BCUT2D eigenvalue weighted by Gasteiger charge is -2.36. The lowest BCUT2D eigenvalue weighted by molar-refractivity contribution is 0.0268. The standard InChI is InChI=1S/C20H28O2Si/c1-4-23(5-2,6-3)22-20(18-15-11-8-12-16-18)19(21)17-13-9-7-10-14-17/h7-16,19-21H,4-6H2,1-3H3/t19-,20+/m1/s1. The molecule has 0 aromatic heterocycles. The summed E-state index contributed by atoms with van der Waals surface area (Å²) in [5.41, 5.74) is 1.96. The Morgan fingerprint density at radius 3 is 1.65 bits per heavy atom. The molecule has 2 aromatic carbocycles. The molecule has 0 spiro atoms. The Kier molecular flexibility index (Phi) is 6.57. The van der Waals surface area contributed by atoms with Gasteiger partial charge in [-0.25, -0.2) is 0 Å². The quantitative estimate of drug-likeness (QED) is 0.650. The van der Waals surface area contributed by atoms with Gasteiger partial charge in [0.25, 0.3) is 0 Å². The van der Waals surface area contributed by atoms with Gasteiger partial charge in [0.1, 0.15) is 12.2 Å². The fourth-order valence-electron chi connectivity index (χ4n) is 3.05. The minimum Gasteiger partial charge on any atom is -0.407 e. The summed E-state index contributed by atoms with van der Waals surface area (Å²) in [5, 5.41) is 11.0. The van der Waals surface area contributed by atoms with Crippen molar-refractivity contribution in [2.75, 3.05) is 0 Å². The summed E-state index contributed by atoms with van der Waals surface area (Å²) in [6.07, 6.45) is -0.944. The molecular formula is C20H28O2Si. The molecule has 23 heavy (non-hydrogen) atoms. The van der Waals surface area contributed by atoms with Crippen molar-refractivity contribution in [1.82, 2.24) is 0 Å². The molecule has 2 aromatic rings. The van der Waals surface area contributed by atoms with Gasteiger partial charge < -0.3 is 9.53 Å². The van der Waals surface area contributed by atoms with Gasteiger partial charge in [-0.15, -0.1) is 0 Å². The second kappa shape index (κ2) is 8.43. The summed E-state index contributed by atoms with van der Waals surface area (Å²) in [6.45, 7) is 6.66. The molecule has 0 aliphatic heterocycles. The molecule has 0 saturated heterocycles. The van der Waals surface area contributed by atoms with E-state index in [4.69, 9.17) is 4.43 Å². The molecule has 0 saturated carbocycles. The summed E-state index contributed by atoms with van der Waals surface area (Å²) >= 11 is 0. The Labute approximate surface area is 141 Å². The van der Waals surface area contributed by atoms with E-state index in [1.54, 1.807) is 0 Å². The first-order valence-corrected chi connectivity index (χ1v) is 11.1. The fourth-order valence-corrected chi connectivity index (χ4v) is 5.86. The van der Waals surface area contributed by atoms with E-state index >= 15 is 0 Å². The smallest absolute Gasteiger partial charge is 0.193 e. The van der Waals surface area contributed by atoms with Gasteiger partial charge in [0.15, 0.2) is 8.32 Å². The molecule has 0 radical (unpaired) electrons. The summed E-state index contributed by atoms with van der Waals surface area (Å²) in [7, 11) is -1.82. The van der Waals surface area contributed by atoms with Crippen molar-refractivity contribution < 1.29 is 9.53 Å². The van der Waals surface area contributed by atoms with Crippen molar-refractivity contribution in [2.24, 2.45) is 0 Å². The third kappa shape index (κ3) is 4.31. The average Bonchev–Trinajstić information content (AvgIpc) is 2.64. The van der Waals surface area contributed by atoms with E-state index in [1.807, 2.05) is 48.5 Å². The highest BCUT2D eigenvalue weighted by Crippen LogP contribution is 2.37. The first-order valence-electron chi connectivity index (χ1n) is 8.61. The Morgan fingerprint density at radius 1 is 0.783 bits per heavy atom. The molecule has 124 valence electrons. The average molecular weight is 329 g/mol. The van der Waals surface area contributed by atoms with Gasteiger partial charge in [0.05, 0.1) is 0 Å². The first-order chi connectivity index (χ1) is 11.2. The molecule has 0 unspecified atom stereocenters. The number of aliphatic hydroxyl groups is 1. The van der Waals surface area contributed by atoms with Gasteiger partial charge >= 0.3 is 0 Å². The largest absolute Gasteiger partial charge is 0.407 e. The highest BCUT2D eigenvalue weighted by atomic mass is 28.4. The summed E-state index contributed by atoms with van der Waals surface area (Å²) in [5.74, 6) is 0. The van der Waals surface area contributed by atoms with Crippen LogP contribution in [0.3, 0.4) is 0 Å². The second-order valence-electron chi connectivity index (χ2n) is 6.05. The van der Waals surface area contributed by atoms with E-state index in [0.717, 1.165) is 29.3 Å². The van der Waals surface area contributed by atoms with Crippen LogP contribution >= 0.6 is 0 Å². The maximum absolute atomic E-state index is 11.0. The molecule has 0 aliphatic rings. The van der Waals surface area contributed by atoms with Gasteiger partial charge in [-0.2, -0.15) is 0 Å². The predicted molar refractivity (Wildman–Crippen MR) is 98.9 cm³/mol. The molecule has 1 N–H and O–H groups in total. The van der Waals surface area contributed by atoms with E-state index in [1.165, 1.54) is 0 Å². The molecule has 0 bridgehead atoms. The Bertz CT molecular complexity index is 558. The van der Waals surface area contributed by atoms with Crippen molar-refractivity contribution in [3.05, 3.63) is 71.8 Å². The SMILES string of the molecule is CC[Si](CC)(CC)O[C@@H](c1ccccc1)[C@H](O)c1ccccc1. The van der Waals surface area contributed by atoms with Crippen LogP contribution in [-0.4, -0.2) is 13.4 Å². The molecule has 2 nitrogen and oxygen atoms in total. The van der Waals surface area contributed by atoms with E-state index in [0.29, 0.717) is 0 Å². The van der Waals surface area contributed by atoms with Gasteiger partial charge in [-0.1, -0.05) is 81.4 Å². The number of aliphatic hydroxyl groups excluding tert-OH is 1. The number of rotatable bonds is 8. The van der Waals surface area contributed by atoms with Crippen molar-refractivity contribution in [3.63, 3.8) is 0 Å². The number of benzene rings is 2. The van der Waals surface area contributed by atoms with Crippen molar-refractivity contribution >= 4 is 8.32 Å². The fraction of sp³-hybridized carbons (Fsp3) is 0.400. The molecule has 0 fully saturated rings. The monoisotopic (exact) mass is 328 g/mol. The second-order valence-corrected chi connectivity index (χ2v) is 10.8. The summed E-state index contributed by atoms with van der Waals surface area (Å²) in [6, 6.07) is 23.2. The van der Waals surface area contributed by atoms with Crippen LogP contribution in [0.15, 0.2) is 60.7 Å². The zero-order valence-electron chi connectivity index (χ0n) is 14.4. The zero-order chi connectivity index (χ0) is 16.7. The van der Waals surface area contributed by atoms with Gasteiger partial charge in [-0.05, 0) is 29.3 Å². The van der Waals surface area contributed by atoms with Crippen molar-refractivity contribution in [1.29, 1.82) is 0 Å². The van der Waals surface area contributed by atoms with Crippen LogP contribution in [0, 0.1) is 0 Å². The maximum atomic E-state index is 11.0. The topological polar surface area (TPSA) is 29.5 Å². The van der Waals surface area contributed by atoms with Crippen LogP contribution in [0.2, 0.25) is 18.1 Å². The van der Waals surface area contributed by atoms with E-state index in [9.17, 15) is 5.11 Å².